The highest BCUT2D eigenvalue weighted by Gasteiger charge is 2.09. The van der Waals surface area contributed by atoms with Gasteiger partial charge in [-0.3, -0.25) is 4.57 Å². The molecule has 1 aromatic carbocycles. The van der Waals surface area contributed by atoms with E-state index in [1.54, 1.807) is 6.20 Å². The largest absolute Gasteiger partial charge is 0.368 e. The Bertz CT molecular complexity index is 686. The lowest BCUT2D eigenvalue weighted by molar-refractivity contribution is 0.947. The monoisotopic (exact) mass is 225 g/mol. The van der Waals surface area contributed by atoms with Crippen LogP contribution in [-0.2, 0) is 0 Å². The maximum Gasteiger partial charge on any atom is 0.221 e. The fraction of sp³-hybridized carbons (Fsp3) is 0.0833. The van der Waals surface area contributed by atoms with Crippen LogP contribution in [0.1, 0.15) is 5.82 Å². The highest BCUT2D eigenvalue weighted by molar-refractivity contribution is 5.77. The molecule has 0 amide bonds. The van der Waals surface area contributed by atoms with Crippen LogP contribution in [-0.4, -0.2) is 19.5 Å². The summed E-state index contributed by atoms with van der Waals surface area (Å²) in [5, 5.41) is 0. The number of anilines is 1. The number of rotatable bonds is 1. The Labute approximate surface area is 98.0 Å². The molecule has 3 rings (SSSR count). The second-order valence-corrected chi connectivity index (χ2v) is 3.76. The first kappa shape index (κ1) is 9.77. The van der Waals surface area contributed by atoms with Crippen molar-refractivity contribution in [3.63, 3.8) is 0 Å². The topological polar surface area (TPSA) is 69.6 Å². The lowest BCUT2D eigenvalue weighted by atomic mass is 10.3. The minimum absolute atomic E-state index is 0.264. The van der Waals surface area contributed by atoms with E-state index in [2.05, 4.69) is 15.0 Å². The van der Waals surface area contributed by atoms with Gasteiger partial charge in [0.05, 0.1) is 11.0 Å². The maximum atomic E-state index is 5.60. The second kappa shape index (κ2) is 3.55. The standard InChI is InChI=1S/C12H11N5/c1-8-15-9-4-2-3-5-10(9)17(8)11-6-7-14-12(13)16-11/h2-7H,1H3,(H2,13,14,16). The fourth-order valence-corrected chi connectivity index (χ4v) is 1.92. The van der Waals surface area contributed by atoms with Gasteiger partial charge in [0.15, 0.2) is 0 Å². The van der Waals surface area contributed by atoms with Crippen molar-refractivity contribution in [2.45, 2.75) is 6.92 Å². The molecule has 0 atom stereocenters. The molecule has 0 aliphatic rings. The molecule has 5 nitrogen and oxygen atoms in total. The molecule has 0 unspecified atom stereocenters. The van der Waals surface area contributed by atoms with Crippen molar-refractivity contribution in [1.82, 2.24) is 19.5 Å². The van der Waals surface area contributed by atoms with Crippen LogP contribution in [0.15, 0.2) is 36.5 Å². The van der Waals surface area contributed by atoms with E-state index in [-0.39, 0.29) is 5.95 Å². The molecule has 0 aliphatic carbocycles. The second-order valence-electron chi connectivity index (χ2n) is 3.76. The summed E-state index contributed by atoms with van der Waals surface area (Å²) in [6.07, 6.45) is 1.64. The summed E-state index contributed by atoms with van der Waals surface area (Å²) in [6.45, 7) is 1.94. The summed E-state index contributed by atoms with van der Waals surface area (Å²) in [5.41, 5.74) is 7.57. The molecular weight excluding hydrogens is 214 g/mol. The highest BCUT2D eigenvalue weighted by atomic mass is 15.2. The Morgan fingerprint density at radius 1 is 1.12 bits per heavy atom. The molecular formula is C12H11N5. The number of nitrogen functional groups attached to an aromatic ring is 1. The number of hydrogen-bond acceptors (Lipinski definition) is 4. The summed E-state index contributed by atoms with van der Waals surface area (Å²) in [6, 6.07) is 9.74. The Morgan fingerprint density at radius 2 is 1.94 bits per heavy atom. The summed E-state index contributed by atoms with van der Waals surface area (Å²) < 4.78 is 1.97. The summed E-state index contributed by atoms with van der Waals surface area (Å²) in [7, 11) is 0. The van der Waals surface area contributed by atoms with Gasteiger partial charge in [0.25, 0.3) is 0 Å². The number of fused-ring (bicyclic) bond motifs is 1. The SMILES string of the molecule is Cc1nc2ccccc2n1-c1ccnc(N)n1. The van der Waals surface area contributed by atoms with Crippen molar-refractivity contribution in [2.24, 2.45) is 0 Å². The highest BCUT2D eigenvalue weighted by Crippen LogP contribution is 2.19. The van der Waals surface area contributed by atoms with Gasteiger partial charge in [-0.15, -0.1) is 0 Å². The molecule has 0 spiro atoms. The van der Waals surface area contributed by atoms with Crippen molar-refractivity contribution in [3.8, 4) is 5.82 Å². The van der Waals surface area contributed by atoms with Crippen molar-refractivity contribution in [3.05, 3.63) is 42.4 Å². The first-order valence-electron chi connectivity index (χ1n) is 5.29. The number of hydrogen-bond donors (Lipinski definition) is 1. The molecule has 0 radical (unpaired) electrons. The molecule has 0 fully saturated rings. The number of nitrogens with two attached hydrogens (primary N) is 1. The third-order valence-corrected chi connectivity index (χ3v) is 2.62. The van der Waals surface area contributed by atoms with Crippen molar-refractivity contribution >= 4 is 17.0 Å². The average molecular weight is 225 g/mol. The third kappa shape index (κ3) is 1.52. The number of para-hydroxylation sites is 2. The van der Waals surface area contributed by atoms with E-state index < -0.39 is 0 Å². The number of imidazole rings is 1. The van der Waals surface area contributed by atoms with Crippen molar-refractivity contribution in [1.29, 1.82) is 0 Å². The first-order chi connectivity index (χ1) is 8.25. The van der Waals surface area contributed by atoms with E-state index in [9.17, 15) is 0 Å². The number of nitrogens with zero attached hydrogens (tertiary/aromatic N) is 4. The lowest BCUT2D eigenvalue weighted by Gasteiger charge is -2.05. The Balaban J connectivity index is 2.33. The molecule has 2 heterocycles. The van der Waals surface area contributed by atoms with E-state index in [0.717, 1.165) is 22.7 Å². The van der Waals surface area contributed by atoms with Crippen LogP contribution in [0.25, 0.3) is 16.9 Å². The summed E-state index contributed by atoms with van der Waals surface area (Å²) in [5.74, 6) is 1.88. The van der Waals surface area contributed by atoms with Gasteiger partial charge in [0.2, 0.25) is 5.95 Å². The number of benzene rings is 1. The molecule has 2 N–H and O–H groups in total. The van der Waals surface area contributed by atoms with E-state index in [4.69, 9.17) is 5.73 Å². The Hall–Kier alpha value is -2.43. The van der Waals surface area contributed by atoms with Gasteiger partial charge in [-0.2, -0.15) is 4.98 Å². The van der Waals surface area contributed by atoms with Crippen molar-refractivity contribution in [2.75, 3.05) is 5.73 Å². The zero-order valence-corrected chi connectivity index (χ0v) is 9.33. The predicted octanol–water partition coefficient (Wildman–Crippen LogP) is 1.71. The maximum absolute atomic E-state index is 5.60. The van der Waals surface area contributed by atoms with Crippen LogP contribution in [0, 0.1) is 6.92 Å². The average Bonchev–Trinajstić information content (AvgIpc) is 2.64. The molecule has 0 bridgehead atoms. The molecule has 17 heavy (non-hydrogen) atoms. The normalized spacial score (nSPS) is 10.9. The Kier molecular flexibility index (Phi) is 2.04. The van der Waals surface area contributed by atoms with E-state index >= 15 is 0 Å². The molecule has 5 heteroatoms. The van der Waals surface area contributed by atoms with Crippen LogP contribution in [0.3, 0.4) is 0 Å². The van der Waals surface area contributed by atoms with Crippen molar-refractivity contribution < 1.29 is 0 Å². The molecule has 0 saturated heterocycles. The molecule has 84 valence electrons. The van der Waals surface area contributed by atoms with Crippen LogP contribution in [0.5, 0.6) is 0 Å². The molecule has 0 aliphatic heterocycles. The van der Waals surface area contributed by atoms with Gasteiger partial charge in [0.1, 0.15) is 11.6 Å². The third-order valence-electron chi connectivity index (χ3n) is 2.62. The number of aryl methyl sites for hydroxylation is 1. The van der Waals surface area contributed by atoms with Gasteiger partial charge >= 0.3 is 0 Å². The predicted molar refractivity (Wildman–Crippen MR) is 65.8 cm³/mol. The van der Waals surface area contributed by atoms with Crippen LogP contribution in [0.4, 0.5) is 5.95 Å². The quantitative estimate of drug-likeness (QED) is 0.684. The minimum atomic E-state index is 0.264. The van der Waals surface area contributed by atoms with Gasteiger partial charge in [-0.05, 0) is 25.1 Å². The van der Waals surface area contributed by atoms with E-state index in [1.807, 2.05) is 41.8 Å². The summed E-state index contributed by atoms with van der Waals surface area (Å²) >= 11 is 0. The van der Waals surface area contributed by atoms with Crippen LogP contribution >= 0.6 is 0 Å². The van der Waals surface area contributed by atoms with Crippen LogP contribution < -0.4 is 5.73 Å². The van der Waals surface area contributed by atoms with Gasteiger partial charge in [0, 0.05) is 6.20 Å². The molecule has 3 aromatic rings. The van der Waals surface area contributed by atoms with E-state index in [0.29, 0.717) is 0 Å². The lowest BCUT2D eigenvalue weighted by Crippen LogP contribution is -2.03. The van der Waals surface area contributed by atoms with E-state index in [1.165, 1.54) is 0 Å². The molecule has 0 saturated carbocycles. The summed E-state index contributed by atoms with van der Waals surface area (Å²) in [4.78, 5) is 12.6. The zero-order valence-electron chi connectivity index (χ0n) is 9.33. The Morgan fingerprint density at radius 3 is 2.76 bits per heavy atom. The zero-order chi connectivity index (χ0) is 11.8. The van der Waals surface area contributed by atoms with Gasteiger partial charge < -0.3 is 5.73 Å². The first-order valence-corrected chi connectivity index (χ1v) is 5.29. The minimum Gasteiger partial charge on any atom is -0.368 e. The van der Waals surface area contributed by atoms with Crippen LogP contribution in [0.2, 0.25) is 0 Å². The van der Waals surface area contributed by atoms with Gasteiger partial charge in [-0.1, -0.05) is 12.1 Å². The smallest absolute Gasteiger partial charge is 0.221 e. The molecule has 2 aromatic heterocycles. The number of aromatic nitrogens is 4. The van der Waals surface area contributed by atoms with Gasteiger partial charge in [-0.25, -0.2) is 9.97 Å². The fourth-order valence-electron chi connectivity index (χ4n) is 1.92.